The molecule has 0 spiro atoms. The number of rotatable bonds is 9. The molecule has 0 amide bonds. The first kappa shape index (κ1) is 22.1. The highest BCUT2D eigenvalue weighted by atomic mass is 19.1. The number of halogens is 2. The fraction of sp³-hybridized carbons (Fsp3) is 0.240. The van der Waals surface area contributed by atoms with Crippen LogP contribution in [0, 0.1) is 23.0 Å². The van der Waals surface area contributed by atoms with Gasteiger partial charge in [-0.05, 0) is 53.4 Å². The van der Waals surface area contributed by atoms with Crippen LogP contribution in [0.1, 0.15) is 23.1 Å². The first-order valence-electron chi connectivity index (χ1n) is 9.89. The number of hydrogen-bond donors (Lipinski definition) is 0. The van der Waals surface area contributed by atoms with Gasteiger partial charge in [-0.3, -0.25) is 0 Å². The maximum atomic E-state index is 15.0. The third-order valence-electron chi connectivity index (χ3n) is 5.03. The van der Waals surface area contributed by atoms with Gasteiger partial charge in [0.15, 0.2) is 0 Å². The summed E-state index contributed by atoms with van der Waals surface area (Å²) in [5.74, 6) is 0.423. The average molecular weight is 422 g/mol. The molecule has 0 unspecified atom stereocenters. The van der Waals surface area contributed by atoms with Gasteiger partial charge in [0.05, 0.1) is 26.0 Å². The molecule has 0 fully saturated rings. The van der Waals surface area contributed by atoms with Crippen molar-refractivity contribution < 1.29 is 18.3 Å². The maximum Gasteiger partial charge on any atom is 0.146 e. The Morgan fingerprint density at radius 3 is 1.77 bits per heavy atom. The lowest BCUT2D eigenvalue weighted by Crippen LogP contribution is -2.23. The van der Waals surface area contributed by atoms with Gasteiger partial charge < -0.3 is 14.4 Å². The molecule has 6 heteroatoms. The number of benzene rings is 3. The lowest BCUT2D eigenvalue weighted by molar-refractivity contribution is 0.414. The highest BCUT2D eigenvalue weighted by Gasteiger charge is 2.17. The summed E-state index contributed by atoms with van der Waals surface area (Å²) in [6.45, 7) is 0.758. The van der Waals surface area contributed by atoms with Crippen LogP contribution in [0.3, 0.4) is 0 Å². The average Bonchev–Trinajstić information content (AvgIpc) is 2.80. The van der Waals surface area contributed by atoms with E-state index in [1.165, 1.54) is 12.1 Å². The number of anilines is 1. The fourth-order valence-corrected chi connectivity index (χ4v) is 3.33. The van der Waals surface area contributed by atoms with Crippen molar-refractivity contribution in [2.24, 2.45) is 0 Å². The van der Waals surface area contributed by atoms with Crippen molar-refractivity contribution in [2.75, 3.05) is 19.1 Å². The van der Waals surface area contributed by atoms with E-state index in [2.05, 4.69) is 0 Å². The van der Waals surface area contributed by atoms with E-state index in [9.17, 15) is 4.39 Å². The molecule has 0 saturated heterocycles. The molecule has 3 aromatic rings. The minimum absolute atomic E-state index is 0.136. The summed E-state index contributed by atoms with van der Waals surface area (Å²) in [4.78, 5) is 1.79. The molecule has 0 heterocycles. The van der Waals surface area contributed by atoms with Crippen LogP contribution < -0.4 is 14.4 Å². The zero-order valence-electron chi connectivity index (χ0n) is 17.6. The highest BCUT2D eigenvalue weighted by molar-refractivity contribution is 5.51. The minimum atomic E-state index is -0.517. The van der Waals surface area contributed by atoms with Gasteiger partial charge in [0.1, 0.15) is 23.1 Å². The van der Waals surface area contributed by atoms with Gasteiger partial charge in [-0.1, -0.05) is 24.3 Å². The topological polar surface area (TPSA) is 45.5 Å². The minimum Gasteiger partial charge on any atom is -0.497 e. The molecule has 0 radical (unpaired) electrons. The second-order valence-electron chi connectivity index (χ2n) is 7.11. The van der Waals surface area contributed by atoms with Gasteiger partial charge >= 0.3 is 0 Å². The number of hydrogen-bond acceptors (Lipinski definition) is 4. The number of nitrogens with zero attached hydrogens (tertiary/aromatic N) is 2. The number of methoxy groups -OCH3 is 2. The summed E-state index contributed by atoms with van der Waals surface area (Å²) in [5, 5.41) is 8.74. The van der Waals surface area contributed by atoms with E-state index in [1.807, 2.05) is 54.6 Å². The molecule has 160 valence electrons. The van der Waals surface area contributed by atoms with Gasteiger partial charge in [0, 0.05) is 25.6 Å². The van der Waals surface area contributed by atoms with Gasteiger partial charge in [-0.25, -0.2) is 8.78 Å². The molecule has 4 nitrogen and oxygen atoms in total. The van der Waals surface area contributed by atoms with E-state index < -0.39 is 11.6 Å². The fourth-order valence-electron chi connectivity index (χ4n) is 3.33. The lowest BCUT2D eigenvalue weighted by Gasteiger charge is -2.26. The molecule has 0 aliphatic rings. The molecule has 3 rings (SSSR count). The van der Waals surface area contributed by atoms with Crippen molar-refractivity contribution in [1.82, 2.24) is 0 Å². The first-order valence-corrected chi connectivity index (χ1v) is 9.89. The third kappa shape index (κ3) is 5.73. The van der Waals surface area contributed by atoms with Crippen LogP contribution in [0.5, 0.6) is 11.5 Å². The Kier molecular flexibility index (Phi) is 7.45. The summed E-state index contributed by atoms with van der Waals surface area (Å²) in [7, 11) is 3.19. The van der Waals surface area contributed by atoms with Crippen LogP contribution >= 0.6 is 0 Å². The first-order chi connectivity index (χ1) is 15.0. The quantitative estimate of drug-likeness (QED) is 0.447. The number of aryl methyl sites for hydroxylation is 1. The van der Waals surface area contributed by atoms with E-state index in [1.54, 1.807) is 19.1 Å². The Bertz CT molecular complexity index is 995. The molecule has 0 atom stereocenters. The van der Waals surface area contributed by atoms with E-state index in [0.717, 1.165) is 22.6 Å². The number of ether oxygens (including phenoxy) is 2. The van der Waals surface area contributed by atoms with Crippen LogP contribution in [0.4, 0.5) is 14.5 Å². The van der Waals surface area contributed by atoms with Crippen LogP contribution in [-0.4, -0.2) is 14.2 Å². The van der Waals surface area contributed by atoms with Gasteiger partial charge in [0.2, 0.25) is 0 Å². The van der Waals surface area contributed by atoms with Crippen molar-refractivity contribution in [2.45, 2.75) is 25.9 Å². The second-order valence-corrected chi connectivity index (χ2v) is 7.11. The molecule has 0 saturated carbocycles. The standard InChI is InChI=1S/C25H24F2N2O2/c1-30-21-9-5-18(6-10-21)16-29(17-19-7-11-22(31-2)12-8-19)25-15-23(26)20(4-3-13-28)14-24(25)27/h5-12,14-15H,3-4,16-17H2,1-2H3. The molecule has 3 aromatic carbocycles. The summed E-state index contributed by atoms with van der Waals surface area (Å²) in [6.07, 6.45) is 0.313. The SMILES string of the molecule is COc1ccc(CN(Cc2ccc(OC)cc2)c2cc(F)c(CCC#N)cc2F)cc1. The zero-order chi connectivity index (χ0) is 22.2. The normalized spacial score (nSPS) is 10.4. The smallest absolute Gasteiger partial charge is 0.146 e. The van der Waals surface area contributed by atoms with Crippen LogP contribution in [0.2, 0.25) is 0 Å². The van der Waals surface area contributed by atoms with Crippen LogP contribution in [0.15, 0.2) is 60.7 Å². The Labute approximate surface area is 181 Å². The summed E-state index contributed by atoms with van der Waals surface area (Å²) < 4.78 is 40.1. The molecule has 31 heavy (non-hydrogen) atoms. The van der Waals surface area contributed by atoms with E-state index in [-0.39, 0.29) is 24.1 Å². The monoisotopic (exact) mass is 422 g/mol. The Hall–Kier alpha value is -3.59. The van der Waals surface area contributed by atoms with Crippen molar-refractivity contribution in [3.8, 4) is 17.6 Å². The van der Waals surface area contributed by atoms with Crippen LogP contribution in [0.25, 0.3) is 0 Å². The van der Waals surface area contributed by atoms with Crippen molar-refractivity contribution >= 4 is 5.69 Å². The van der Waals surface area contributed by atoms with E-state index >= 15 is 4.39 Å². The summed E-state index contributed by atoms with van der Waals surface area (Å²) in [5.41, 5.74) is 2.24. The van der Waals surface area contributed by atoms with Gasteiger partial charge in [-0.15, -0.1) is 0 Å². The third-order valence-corrected chi connectivity index (χ3v) is 5.03. The largest absolute Gasteiger partial charge is 0.497 e. The lowest BCUT2D eigenvalue weighted by atomic mass is 10.1. The number of nitriles is 1. The summed E-state index contributed by atoms with van der Waals surface area (Å²) >= 11 is 0. The van der Waals surface area contributed by atoms with Crippen molar-refractivity contribution in [3.63, 3.8) is 0 Å². The van der Waals surface area contributed by atoms with E-state index in [4.69, 9.17) is 14.7 Å². The highest BCUT2D eigenvalue weighted by Crippen LogP contribution is 2.28. The van der Waals surface area contributed by atoms with Crippen LogP contribution in [-0.2, 0) is 19.5 Å². The molecule has 0 N–H and O–H groups in total. The Morgan fingerprint density at radius 2 is 1.32 bits per heavy atom. The molecule has 0 bridgehead atoms. The van der Waals surface area contributed by atoms with Crippen molar-refractivity contribution in [3.05, 3.63) is 89.0 Å². The molecule has 0 aliphatic carbocycles. The Morgan fingerprint density at radius 1 is 0.806 bits per heavy atom. The predicted molar refractivity (Wildman–Crippen MR) is 116 cm³/mol. The molecule has 0 aliphatic heterocycles. The second kappa shape index (κ2) is 10.4. The molecule has 0 aromatic heterocycles. The van der Waals surface area contributed by atoms with Crippen molar-refractivity contribution in [1.29, 1.82) is 5.26 Å². The Balaban J connectivity index is 1.93. The zero-order valence-corrected chi connectivity index (χ0v) is 17.6. The molecular formula is C25H24F2N2O2. The summed E-state index contributed by atoms with van der Waals surface area (Å²) in [6, 6.07) is 19.3. The maximum absolute atomic E-state index is 15.0. The van der Waals surface area contributed by atoms with E-state index in [0.29, 0.717) is 13.1 Å². The van der Waals surface area contributed by atoms with Gasteiger partial charge in [0.25, 0.3) is 0 Å². The predicted octanol–water partition coefficient (Wildman–Crippen LogP) is 5.64. The van der Waals surface area contributed by atoms with Gasteiger partial charge in [-0.2, -0.15) is 5.26 Å². The molecular weight excluding hydrogens is 398 g/mol.